The molecule has 0 fully saturated rings. The third kappa shape index (κ3) is 5.05. The molecule has 0 spiro atoms. The average Bonchev–Trinajstić information content (AvgIpc) is 2.62. The van der Waals surface area contributed by atoms with Crippen LogP contribution in [-0.4, -0.2) is 20.3 Å². The summed E-state index contributed by atoms with van der Waals surface area (Å²) in [6, 6.07) is 21.8. The van der Waals surface area contributed by atoms with Crippen molar-refractivity contribution in [1.29, 1.82) is 0 Å². The first-order valence-electron chi connectivity index (χ1n) is 9.33. The number of hydrogen-bond donors (Lipinski definition) is 0. The zero-order valence-corrected chi connectivity index (χ0v) is 18.4. The topological polar surface area (TPSA) is 9.23 Å². The molecular weight excluding hydrogens is 388 g/mol. The van der Waals surface area contributed by atoms with Crippen molar-refractivity contribution in [2.45, 2.75) is 51.5 Å². The van der Waals surface area contributed by atoms with Gasteiger partial charge in [0.15, 0.2) is 0 Å². The Kier molecular flexibility index (Phi) is 7.92. The summed E-state index contributed by atoms with van der Waals surface area (Å²) in [4.78, 5) is 0. The van der Waals surface area contributed by atoms with Gasteiger partial charge in [-0.25, -0.2) is 0 Å². The highest BCUT2D eigenvalue weighted by Crippen LogP contribution is 2.36. The minimum absolute atomic E-state index is 0.0750. The monoisotopic (exact) mass is 418 g/mol. The summed E-state index contributed by atoms with van der Waals surface area (Å²) in [5.74, 6) is 0. The smallest absolute Gasteiger partial charge is 0.261 e. The fraction of sp³-hybridized carbons (Fsp3) is 0.455. The Morgan fingerprint density at radius 1 is 0.760 bits per heavy atom. The van der Waals surface area contributed by atoms with E-state index < -0.39 is 8.32 Å². The largest absolute Gasteiger partial charge is 0.407 e. The van der Waals surface area contributed by atoms with Crippen LogP contribution in [0, 0.1) is 0 Å². The van der Waals surface area contributed by atoms with Gasteiger partial charge in [0.1, 0.15) is 0 Å². The number of rotatable bonds is 9. The minimum atomic E-state index is -2.33. The molecule has 0 aliphatic carbocycles. The fourth-order valence-electron chi connectivity index (χ4n) is 3.54. The van der Waals surface area contributed by atoms with Crippen molar-refractivity contribution in [3.05, 3.63) is 60.7 Å². The molecular formula is C22H31BrOSi. The van der Waals surface area contributed by atoms with E-state index in [1.807, 2.05) is 0 Å². The molecule has 136 valence electrons. The fourth-order valence-corrected chi connectivity index (χ4v) is 8.54. The standard InChI is InChI=1S/C22H31BrOSi/c1-22(2,3)25(20-14-8-6-9-15-20,21-16-10-7-11-17-21)24-19-13-5-4-12-18-23/h6-11,14-17H,4-5,12-13,18-19H2,1-3H3. The number of alkyl halides is 1. The van der Waals surface area contributed by atoms with Gasteiger partial charge in [0.2, 0.25) is 0 Å². The van der Waals surface area contributed by atoms with Crippen molar-refractivity contribution in [1.82, 2.24) is 0 Å². The lowest BCUT2D eigenvalue weighted by Gasteiger charge is -2.43. The zero-order valence-electron chi connectivity index (χ0n) is 15.8. The van der Waals surface area contributed by atoms with E-state index in [2.05, 4.69) is 97.4 Å². The maximum Gasteiger partial charge on any atom is 0.261 e. The molecule has 0 aliphatic heterocycles. The maximum atomic E-state index is 6.87. The van der Waals surface area contributed by atoms with E-state index in [4.69, 9.17) is 4.43 Å². The maximum absolute atomic E-state index is 6.87. The van der Waals surface area contributed by atoms with Crippen molar-refractivity contribution in [2.75, 3.05) is 11.9 Å². The van der Waals surface area contributed by atoms with E-state index in [0.29, 0.717) is 0 Å². The quantitative estimate of drug-likeness (QED) is 0.296. The molecule has 0 saturated heterocycles. The van der Waals surface area contributed by atoms with E-state index in [1.54, 1.807) is 0 Å². The average molecular weight is 419 g/mol. The molecule has 0 unspecified atom stereocenters. The lowest BCUT2D eigenvalue weighted by molar-refractivity contribution is 0.287. The molecule has 2 aromatic rings. The van der Waals surface area contributed by atoms with E-state index >= 15 is 0 Å². The van der Waals surface area contributed by atoms with E-state index in [1.165, 1.54) is 29.6 Å². The summed E-state index contributed by atoms with van der Waals surface area (Å²) in [6.07, 6.45) is 4.90. The number of hydrogen-bond acceptors (Lipinski definition) is 1. The van der Waals surface area contributed by atoms with Crippen molar-refractivity contribution in [3.63, 3.8) is 0 Å². The molecule has 3 heteroatoms. The Balaban J connectivity index is 2.33. The van der Waals surface area contributed by atoms with Crippen molar-refractivity contribution in [3.8, 4) is 0 Å². The van der Waals surface area contributed by atoms with Gasteiger partial charge < -0.3 is 4.43 Å². The number of unbranched alkanes of at least 4 members (excludes halogenated alkanes) is 3. The van der Waals surface area contributed by atoms with Gasteiger partial charge in [0.05, 0.1) is 0 Å². The summed E-state index contributed by atoms with van der Waals surface area (Å²) in [5.41, 5.74) is 0. The molecule has 0 bridgehead atoms. The van der Waals surface area contributed by atoms with Crippen LogP contribution < -0.4 is 10.4 Å². The zero-order chi connectivity index (χ0) is 18.2. The SMILES string of the molecule is CC(C)(C)[Si](OCCCCCCBr)(c1ccccc1)c1ccccc1. The molecule has 2 aromatic carbocycles. The molecule has 0 N–H and O–H groups in total. The summed E-state index contributed by atoms with van der Waals surface area (Å²) >= 11 is 3.51. The summed E-state index contributed by atoms with van der Waals surface area (Å²) in [7, 11) is -2.33. The van der Waals surface area contributed by atoms with Gasteiger partial charge in [0.25, 0.3) is 8.32 Å². The molecule has 0 atom stereocenters. The first kappa shape index (κ1) is 20.4. The van der Waals surface area contributed by atoms with Crippen molar-refractivity contribution < 1.29 is 4.43 Å². The summed E-state index contributed by atoms with van der Waals surface area (Å²) < 4.78 is 6.87. The first-order chi connectivity index (χ1) is 12.0. The van der Waals surface area contributed by atoms with Crippen LogP contribution >= 0.6 is 15.9 Å². The van der Waals surface area contributed by atoms with Crippen LogP contribution in [0.2, 0.25) is 5.04 Å². The van der Waals surface area contributed by atoms with Crippen molar-refractivity contribution in [2.24, 2.45) is 0 Å². The van der Waals surface area contributed by atoms with E-state index in [9.17, 15) is 0 Å². The first-order valence-corrected chi connectivity index (χ1v) is 12.4. The van der Waals surface area contributed by atoms with Gasteiger partial charge in [-0.15, -0.1) is 0 Å². The molecule has 1 nitrogen and oxygen atoms in total. The Morgan fingerprint density at radius 2 is 1.24 bits per heavy atom. The van der Waals surface area contributed by atoms with Gasteiger partial charge in [-0.1, -0.05) is 110 Å². The van der Waals surface area contributed by atoms with Crippen LogP contribution in [0.4, 0.5) is 0 Å². The van der Waals surface area contributed by atoms with E-state index in [0.717, 1.165) is 18.4 Å². The lowest BCUT2D eigenvalue weighted by Crippen LogP contribution is -2.66. The van der Waals surface area contributed by atoms with E-state index in [-0.39, 0.29) is 5.04 Å². The Hall–Kier alpha value is -0.903. The van der Waals surface area contributed by atoms with Gasteiger partial charge in [-0.05, 0) is 28.3 Å². The molecule has 0 aromatic heterocycles. The van der Waals surface area contributed by atoms with Crippen LogP contribution in [0.25, 0.3) is 0 Å². The second kappa shape index (κ2) is 9.70. The van der Waals surface area contributed by atoms with Crippen LogP contribution in [0.15, 0.2) is 60.7 Å². The molecule has 0 heterocycles. The normalized spacial score (nSPS) is 12.3. The second-order valence-electron chi connectivity index (χ2n) is 7.61. The van der Waals surface area contributed by atoms with Gasteiger partial charge >= 0.3 is 0 Å². The third-order valence-electron chi connectivity index (χ3n) is 4.76. The molecule has 0 radical (unpaired) electrons. The van der Waals surface area contributed by atoms with Crippen LogP contribution in [0.3, 0.4) is 0 Å². The van der Waals surface area contributed by atoms with Crippen molar-refractivity contribution >= 4 is 34.6 Å². The summed E-state index contributed by atoms with van der Waals surface area (Å²) in [6.45, 7) is 7.85. The highest BCUT2D eigenvalue weighted by Gasteiger charge is 2.49. The lowest BCUT2D eigenvalue weighted by atomic mass is 10.2. The summed E-state index contributed by atoms with van der Waals surface area (Å²) in [5, 5.41) is 3.91. The highest BCUT2D eigenvalue weighted by molar-refractivity contribution is 9.09. The Morgan fingerprint density at radius 3 is 1.68 bits per heavy atom. The Labute approximate surface area is 163 Å². The predicted octanol–water partition coefficient (Wildman–Crippen LogP) is 5.52. The highest BCUT2D eigenvalue weighted by atomic mass is 79.9. The predicted molar refractivity (Wildman–Crippen MR) is 116 cm³/mol. The van der Waals surface area contributed by atoms with Crippen LogP contribution in [-0.2, 0) is 4.43 Å². The molecule has 0 saturated carbocycles. The number of benzene rings is 2. The van der Waals surface area contributed by atoms with Crippen LogP contribution in [0.1, 0.15) is 46.5 Å². The third-order valence-corrected chi connectivity index (χ3v) is 10.4. The minimum Gasteiger partial charge on any atom is -0.407 e. The second-order valence-corrected chi connectivity index (χ2v) is 12.7. The number of halogens is 1. The molecule has 0 amide bonds. The molecule has 25 heavy (non-hydrogen) atoms. The molecule has 2 rings (SSSR count). The van der Waals surface area contributed by atoms with Crippen LogP contribution in [0.5, 0.6) is 0 Å². The van der Waals surface area contributed by atoms with Gasteiger partial charge in [0, 0.05) is 11.9 Å². The van der Waals surface area contributed by atoms with Gasteiger partial charge in [-0.2, -0.15) is 0 Å². The molecule has 0 aliphatic rings. The Bertz CT molecular complexity index is 567. The van der Waals surface area contributed by atoms with Gasteiger partial charge in [-0.3, -0.25) is 0 Å².